The van der Waals surface area contributed by atoms with Gasteiger partial charge in [0.25, 0.3) is 5.91 Å². The van der Waals surface area contributed by atoms with Crippen LogP contribution in [-0.4, -0.2) is 38.2 Å². The van der Waals surface area contributed by atoms with E-state index in [4.69, 9.17) is 14.2 Å². The molecule has 0 spiro atoms. The number of nitrogens with zero attached hydrogens (tertiary/aromatic N) is 1. The molecule has 2 N–H and O–H groups in total. The molecule has 0 unspecified atom stereocenters. The van der Waals surface area contributed by atoms with Crippen molar-refractivity contribution < 1.29 is 24.2 Å². The van der Waals surface area contributed by atoms with Crippen molar-refractivity contribution in [3.05, 3.63) is 47.5 Å². The van der Waals surface area contributed by atoms with E-state index in [1.807, 2.05) is 13.0 Å². The molecule has 2 rings (SSSR count). The molecule has 144 valence electrons. The van der Waals surface area contributed by atoms with Crippen molar-refractivity contribution in [1.29, 1.82) is 0 Å². The molecule has 0 aliphatic carbocycles. The number of hydrogen-bond donors (Lipinski definition) is 2. The van der Waals surface area contributed by atoms with E-state index < -0.39 is 0 Å². The third kappa shape index (κ3) is 4.69. The number of oxime groups is 1. The van der Waals surface area contributed by atoms with Crippen LogP contribution in [0.4, 0.5) is 5.69 Å². The van der Waals surface area contributed by atoms with Gasteiger partial charge >= 0.3 is 0 Å². The van der Waals surface area contributed by atoms with Crippen LogP contribution in [0, 0.1) is 0 Å². The average molecular weight is 372 g/mol. The Labute approximate surface area is 158 Å². The first-order chi connectivity index (χ1) is 13.1. The van der Waals surface area contributed by atoms with Crippen LogP contribution in [0.25, 0.3) is 0 Å². The number of carbonyl (C=O) groups excluding carboxylic acids is 1. The predicted molar refractivity (Wildman–Crippen MR) is 104 cm³/mol. The molecular weight excluding hydrogens is 348 g/mol. The second kappa shape index (κ2) is 9.47. The van der Waals surface area contributed by atoms with Gasteiger partial charge in [-0.15, -0.1) is 0 Å². The highest BCUT2D eigenvalue weighted by Gasteiger charge is 2.17. The predicted octanol–water partition coefficient (Wildman–Crippen LogP) is 3.94. The van der Waals surface area contributed by atoms with Gasteiger partial charge in [-0.3, -0.25) is 4.79 Å². The van der Waals surface area contributed by atoms with Crippen LogP contribution < -0.4 is 19.5 Å². The number of amides is 1. The number of ether oxygens (including phenoxy) is 3. The quantitative estimate of drug-likeness (QED) is 0.416. The Morgan fingerprint density at radius 1 is 1.04 bits per heavy atom. The molecular formula is C20H24N2O5. The Kier molecular flexibility index (Phi) is 7.05. The first-order valence-electron chi connectivity index (χ1n) is 8.50. The molecule has 0 saturated carbocycles. The lowest BCUT2D eigenvalue weighted by Crippen LogP contribution is -2.13. The summed E-state index contributed by atoms with van der Waals surface area (Å²) in [5.41, 5.74) is 2.27. The Bertz CT molecular complexity index is 808. The molecule has 0 aromatic heterocycles. The lowest BCUT2D eigenvalue weighted by Gasteiger charge is -2.14. The van der Waals surface area contributed by atoms with Gasteiger partial charge in [0.05, 0.1) is 27.0 Å². The number of rotatable bonds is 8. The molecule has 0 aliphatic heterocycles. The first-order valence-corrected chi connectivity index (χ1v) is 8.50. The molecule has 7 heteroatoms. The molecule has 0 saturated heterocycles. The van der Waals surface area contributed by atoms with E-state index in [9.17, 15) is 10.0 Å². The lowest BCUT2D eigenvalue weighted by atomic mass is 10.1. The fourth-order valence-corrected chi connectivity index (χ4v) is 2.68. The van der Waals surface area contributed by atoms with Crippen molar-refractivity contribution in [2.24, 2.45) is 5.16 Å². The summed E-state index contributed by atoms with van der Waals surface area (Å²) in [5.74, 6) is 0.882. The van der Waals surface area contributed by atoms with Crippen molar-refractivity contribution in [2.75, 3.05) is 26.6 Å². The maximum atomic E-state index is 12.7. The topological polar surface area (TPSA) is 89.4 Å². The summed E-state index contributed by atoms with van der Waals surface area (Å²) in [4.78, 5) is 12.7. The molecule has 0 atom stereocenters. The third-order valence-electron chi connectivity index (χ3n) is 3.99. The smallest absolute Gasteiger partial charge is 0.255 e. The van der Waals surface area contributed by atoms with E-state index in [0.717, 1.165) is 12.0 Å². The summed E-state index contributed by atoms with van der Waals surface area (Å²) in [6.45, 7) is 2.00. The van der Waals surface area contributed by atoms with Crippen molar-refractivity contribution >= 4 is 17.3 Å². The summed E-state index contributed by atoms with van der Waals surface area (Å²) >= 11 is 0. The highest BCUT2D eigenvalue weighted by molar-refractivity contribution is 6.06. The molecule has 0 bridgehead atoms. The van der Waals surface area contributed by atoms with Gasteiger partial charge in [-0.25, -0.2) is 0 Å². The van der Waals surface area contributed by atoms with E-state index in [2.05, 4.69) is 10.5 Å². The zero-order chi connectivity index (χ0) is 19.8. The van der Waals surface area contributed by atoms with E-state index in [1.165, 1.54) is 21.3 Å². The van der Waals surface area contributed by atoms with Gasteiger partial charge in [0.15, 0.2) is 11.5 Å². The molecule has 27 heavy (non-hydrogen) atoms. The summed E-state index contributed by atoms with van der Waals surface area (Å²) in [7, 11) is 4.49. The minimum atomic E-state index is -0.329. The van der Waals surface area contributed by atoms with Gasteiger partial charge in [0.1, 0.15) is 0 Å². The summed E-state index contributed by atoms with van der Waals surface area (Å²) < 4.78 is 15.8. The van der Waals surface area contributed by atoms with Crippen LogP contribution in [0.5, 0.6) is 17.2 Å². The van der Waals surface area contributed by atoms with Gasteiger partial charge < -0.3 is 24.7 Å². The van der Waals surface area contributed by atoms with E-state index in [-0.39, 0.29) is 5.91 Å². The van der Waals surface area contributed by atoms with Crippen LogP contribution >= 0.6 is 0 Å². The largest absolute Gasteiger partial charge is 0.493 e. The van der Waals surface area contributed by atoms with Crippen LogP contribution in [-0.2, 0) is 0 Å². The summed E-state index contributed by atoms with van der Waals surface area (Å²) in [6, 6.07) is 10.3. The van der Waals surface area contributed by atoms with Crippen molar-refractivity contribution in [3.8, 4) is 17.2 Å². The van der Waals surface area contributed by atoms with Crippen LogP contribution in [0.1, 0.15) is 35.7 Å². The molecule has 2 aromatic rings. The van der Waals surface area contributed by atoms with Crippen LogP contribution in [0.15, 0.2) is 41.6 Å². The fourth-order valence-electron chi connectivity index (χ4n) is 2.68. The second-order valence-corrected chi connectivity index (χ2v) is 5.75. The molecule has 0 heterocycles. The van der Waals surface area contributed by atoms with Crippen molar-refractivity contribution in [1.82, 2.24) is 0 Å². The van der Waals surface area contributed by atoms with Crippen LogP contribution in [0.3, 0.4) is 0 Å². The highest BCUT2D eigenvalue weighted by atomic mass is 16.5. The minimum absolute atomic E-state index is 0.329. The molecule has 0 radical (unpaired) electrons. The van der Waals surface area contributed by atoms with Crippen molar-refractivity contribution in [3.63, 3.8) is 0 Å². The molecule has 0 aliphatic rings. The third-order valence-corrected chi connectivity index (χ3v) is 3.99. The number of nitrogens with one attached hydrogen (secondary N) is 1. The lowest BCUT2D eigenvalue weighted by molar-refractivity contribution is 0.102. The van der Waals surface area contributed by atoms with Crippen molar-refractivity contribution in [2.45, 2.75) is 19.8 Å². The maximum Gasteiger partial charge on any atom is 0.255 e. The van der Waals surface area contributed by atoms with Gasteiger partial charge in [0, 0.05) is 16.8 Å². The summed E-state index contributed by atoms with van der Waals surface area (Å²) in [6.07, 6.45) is 1.49. The fraction of sp³-hybridized carbons (Fsp3) is 0.300. The SMILES string of the molecule is CCC/C(=N/O)c1cccc(NC(=O)c2cc(OC)c(OC)c(OC)c2)c1. The number of hydrogen-bond acceptors (Lipinski definition) is 6. The zero-order valence-electron chi connectivity index (χ0n) is 15.9. The van der Waals surface area contributed by atoms with E-state index >= 15 is 0 Å². The zero-order valence-corrected chi connectivity index (χ0v) is 15.9. The van der Waals surface area contributed by atoms with Gasteiger partial charge in [0.2, 0.25) is 5.75 Å². The first kappa shape index (κ1) is 20.1. The second-order valence-electron chi connectivity index (χ2n) is 5.75. The number of anilines is 1. The number of methoxy groups -OCH3 is 3. The Morgan fingerprint density at radius 2 is 1.70 bits per heavy atom. The highest BCUT2D eigenvalue weighted by Crippen LogP contribution is 2.38. The monoisotopic (exact) mass is 372 g/mol. The van der Waals surface area contributed by atoms with Gasteiger partial charge in [-0.1, -0.05) is 30.6 Å². The maximum absolute atomic E-state index is 12.7. The van der Waals surface area contributed by atoms with E-state index in [0.29, 0.717) is 40.6 Å². The average Bonchev–Trinajstić information content (AvgIpc) is 2.70. The van der Waals surface area contributed by atoms with Gasteiger partial charge in [-0.05, 0) is 30.7 Å². The van der Waals surface area contributed by atoms with Gasteiger partial charge in [-0.2, -0.15) is 0 Å². The number of benzene rings is 2. The standard InChI is InChI=1S/C20H24N2O5/c1-5-7-16(22-24)13-8-6-9-15(10-13)21-20(23)14-11-17(25-2)19(27-4)18(12-14)26-3/h6,8-12,24H,5,7H2,1-4H3,(H,21,23)/b22-16-. The molecule has 2 aromatic carbocycles. The van der Waals surface area contributed by atoms with Crippen LogP contribution in [0.2, 0.25) is 0 Å². The molecule has 0 fully saturated rings. The number of carbonyl (C=O) groups is 1. The molecule has 7 nitrogen and oxygen atoms in total. The summed E-state index contributed by atoms with van der Waals surface area (Å²) in [5, 5.41) is 15.4. The van der Waals surface area contributed by atoms with E-state index in [1.54, 1.807) is 30.3 Å². The Morgan fingerprint density at radius 3 is 2.22 bits per heavy atom. The molecule has 1 amide bonds. The Hall–Kier alpha value is -3.22. The Balaban J connectivity index is 2.30. The normalized spacial score (nSPS) is 11.0. The minimum Gasteiger partial charge on any atom is -0.493 e.